The van der Waals surface area contributed by atoms with Gasteiger partial charge in [-0.3, -0.25) is 4.79 Å². The number of nitrogens with two attached hydrogens (primary N) is 1. The number of phenolic OH excluding ortho intramolecular Hbond substituents is 1. The Kier molecular flexibility index (Phi) is 9.07. The van der Waals surface area contributed by atoms with Crippen molar-refractivity contribution < 1.29 is 32.5 Å². The van der Waals surface area contributed by atoms with Crippen LogP contribution in [0.4, 0.5) is 0 Å². The van der Waals surface area contributed by atoms with Crippen LogP contribution < -0.4 is 14.6 Å². The summed E-state index contributed by atoms with van der Waals surface area (Å²) in [6.07, 6.45) is 4.84. The van der Waals surface area contributed by atoms with Gasteiger partial charge in [0.2, 0.25) is 10.0 Å². The topological polar surface area (TPSA) is 125 Å². The van der Waals surface area contributed by atoms with Crippen molar-refractivity contribution in [3.63, 3.8) is 0 Å². The monoisotopic (exact) mass is 495 g/mol. The van der Waals surface area contributed by atoms with Crippen LogP contribution in [0.2, 0.25) is 5.02 Å². The Bertz CT molecular complexity index is 1200. The normalized spacial score (nSPS) is 11.5. The Morgan fingerprint density at radius 2 is 1.91 bits per heavy atom. The van der Waals surface area contributed by atoms with Crippen LogP contribution in [0.15, 0.2) is 46.9 Å². The zero-order chi connectivity index (χ0) is 24.8. The number of hydrogen-bond donors (Lipinski definition) is 2. The molecule has 3 N–H and O–H groups in total. The minimum absolute atomic E-state index is 0.0275. The molecule has 0 aliphatic rings. The highest BCUT2D eigenvalue weighted by Crippen LogP contribution is 2.40. The fourth-order valence-electron chi connectivity index (χ4n) is 2.93. The Hall–Kier alpha value is -2.85. The van der Waals surface area contributed by atoms with Gasteiger partial charge in [0.15, 0.2) is 12.6 Å². The summed E-state index contributed by atoms with van der Waals surface area (Å²) in [5.74, 6) is -0.354. The second-order valence-electron chi connectivity index (χ2n) is 7.25. The number of ether oxygens (including phenoxy) is 3. The molecule has 0 aliphatic heterocycles. The van der Waals surface area contributed by atoms with E-state index >= 15 is 0 Å². The van der Waals surface area contributed by atoms with Crippen molar-refractivity contribution in [2.75, 3.05) is 21.0 Å². The van der Waals surface area contributed by atoms with E-state index in [-0.39, 0.29) is 39.5 Å². The number of ketones is 1. The van der Waals surface area contributed by atoms with E-state index in [0.29, 0.717) is 17.5 Å². The maximum atomic E-state index is 13.2. The lowest BCUT2D eigenvalue weighted by Crippen LogP contribution is -2.12. The molecule has 0 aliphatic carbocycles. The van der Waals surface area contributed by atoms with Crippen molar-refractivity contribution in [1.82, 2.24) is 0 Å². The van der Waals surface area contributed by atoms with Crippen LogP contribution in [-0.4, -0.2) is 40.3 Å². The molecule has 2 aromatic rings. The number of carbonyl (C=O) groups is 1. The van der Waals surface area contributed by atoms with Gasteiger partial charge in [-0.05, 0) is 44.0 Å². The molecule has 33 heavy (non-hydrogen) atoms. The third-order valence-electron chi connectivity index (χ3n) is 4.52. The van der Waals surface area contributed by atoms with Crippen LogP contribution in [0.5, 0.6) is 17.2 Å². The smallest absolute Gasteiger partial charge is 0.239 e. The summed E-state index contributed by atoms with van der Waals surface area (Å²) in [6, 6.07) is 5.52. The molecule has 0 fully saturated rings. The minimum Gasteiger partial charge on any atom is -0.507 e. The number of methoxy groups -OCH3 is 2. The summed E-state index contributed by atoms with van der Waals surface area (Å²) in [6.45, 7) is 3.66. The number of primary sulfonamides is 1. The second-order valence-corrected chi connectivity index (χ2v) is 9.19. The first-order chi connectivity index (χ1) is 15.5. The number of halogens is 1. The molecule has 0 amide bonds. The molecule has 8 nitrogen and oxygen atoms in total. The Morgan fingerprint density at radius 3 is 2.48 bits per heavy atom. The molecule has 0 aromatic heterocycles. The van der Waals surface area contributed by atoms with E-state index in [2.05, 4.69) is 0 Å². The molecule has 178 valence electrons. The van der Waals surface area contributed by atoms with Gasteiger partial charge in [-0.25, -0.2) is 13.6 Å². The maximum absolute atomic E-state index is 13.2. The van der Waals surface area contributed by atoms with Crippen LogP contribution in [0, 0.1) is 0 Å². The molecule has 10 heteroatoms. The van der Waals surface area contributed by atoms with Crippen LogP contribution in [-0.2, 0) is 21.2 Å². The molecule has 0 saturated carbocycles. The van der Waals surface area contributed by atoms with Crippen LogP contribution in [0.1, 0.15) is 35.3 Å². The van der Waals surface area contributed by atoms with Crippen LogP contribution >= 0.6 is 11.6 Å². The van der Waals surface area contributed by atoms with Gasteiger partial charge >= 0.3 is 0 Å². The Labute approximate surface area is 198 Å². The molecule has 0 heterocycles. The number of aromatic hydroxyl groups is 1. The highest BCUT2D eigenvalue weighted by molar-refractivity contribution is 7.89. The van der Waals surface area contributed by atoms with E-state index in [1.165, 1.54) is 50.6 Å². The summed E-state index contributed by atoms with van der Waals surface area (Å²) in [5.41, 5.74) is 1.89. The summed E-state index contributed by atoms with van der Waals surface area (Å²) < 4.78 is 39.4. The van der Waals surface area contributed by atoms with Crippen molar-refractivity contribution in [1.29, 1.82) is 0 Å². The number of rotatable bonds is 10. The maximum Gasteiger partial charge on any atom is 0.239 e. The highest BCUT2D eigenvalue weighted by atomic mass is 35.5. The Morgan fingerprint density at radius 1 is 1.21 bits per heavy atom. The number of benzene rings is 2. The minimum atomic E-state index is -4.04. The third-order valence-corrected chi connectivity index (χ3v) is 5.91. The van der Waals surface area contributed by atoms with Crippen molar-refractivity contribution in [2.45, 2.75) is 25.2 Å². The first-order valence-electron chi connectivity index (χ1n) is 9.72. The summed E-state index contributed by atoms with van der Waals surface area (Å²) in [4.78, 5) is 12.9. The summed E-state index contributed by atoms with van der Waals surface area (Å²) in [7, 11) is -1.24. The predicted molar refractivity (Wildman–Crippen MR) is 126 cm³/mol. The number of carbonyl (C=O) groups excluding carboxylic acids is 1. The van der Waals surface area contributed by atoms with Gasteiger partial charge in [0.1, 0.15) is 27.7 Å². The first-order valence-corrected chi connectivity index (χ1v) is 11.6. The van der Waals surface area contributed by atoms with Crippen LogP contribution in [0.3, 0.4) is 0 Å². The van der Waals surface area contributed by atoms with Gasteiger partial charge in [-0.2, -0.15) is 0 Å². The van der Waals surface area contributed by atoms with E-state index in [4.69, 9.17) is 31.0 Å². The number of hydrogen-bond acceptors (Lipinski definition) is 7. The zero-order valence-corrected chi connectivity index (χ0v) is 20.3. The van der Waals surface area contributed by atoms with Gasteiger partial charge in [0.25, 0.3) is 0 Å². The quantitative estimate of drug-likeness (QED) is 0.220. The molecular formula is C23H26ClNO7S. The fraction of sp³-hybridized carbons (Fsp3) is 0.261. The van der Waals surface area contributed by atoms with Gasteiger partial charge in [0, 0.05) is 18.7 Å². The number of phenols is 1. The van der Waals surface area contributed by atoms with E-state index in [0.717, 1.165) is 5.57 Å². The molecule has 2 aromatic carbocycles. The number of allylic oxidation sites excluding steroid dienone is 3. The van der Waals surface area contributed by atoms with E-state index in [9.17, 15) is 18.3 Å². The predicted octanol–water partition coefficient (Wildman–Crippen LogP) is 4.09. The summed E-state index contributed by atoms with van der Waals surface area (Å²) >= 11 is 5.91. The SMILES string of the molecule is COCOc1c(CC=C(C)C)c(O)cc(OC)c1C(=O)C=Cc1ccc(Cl)c(S(N)(=O)=O)c1. The molecule has 2 rings (SSSR count). The van der Waals surface area contributed by atoms with Gasteiger partial charge < -0.3 is 19.3 Å². The fourth-order valence-corrected chi connectivity index (χ4v) is 4.01. The van der Waals surface area contributed by atoms with E-state index in [1.54, 1.807) is 0 Å². The second kappa shape index (κ2) is 11.3. The molecular weight excluding hydrogens is 470 g/mol. The summed E-state index contributed by atoms with van der Waals surface area (Å²) in [5, 5.41) is 15.7. The Balaban J connectivity index is 2.58. The first kappa shape index (κ1) is 26.4. The van der Waals surface area contributed by atoms with Crippen molar-refractivity contribution in [3.05, 3.63) is 63.7 Å². The molecule has 0 unspecified atom stereocenters. The van der Waals surface area contributed by atoms with Crippen molar-refractivity contribution in [2.24, 2.45) is 5.14 Å². The lowest BCUT2D eigenvalue weighted by Gasteiger charge is -2.18. The van der Waals surface area contributed by atoms with Gasteiger partial charge in [-0.15, -0.1) is 0 Å². The third kappa shape index (κ3) is 6.82. The molecule has 0 atom stereocenters. The molecule has 0 bridgehead atoms. The highest BCUT2D eigenvalue weighted by Gasteiger charge is 2.24. The average Bonchev–Trinajstić information content (AvgIpc) is 2.74. The van der Waals surface area contributed by atoms with Crippen molar-refractivity contribution >= 4 is 33.5 Å². The standard InChI is InChI=1S/C23H26ClNO7S/c1-14(2)5-8-16-19(27)12-20(31-4)22(23(16)32-13-30-3)18(26)10-7-15-6-9-17(24)21(11-15)33(25,28)29/h5-7,9-12,27H,8,13H2,1-4H3,(H2,25,28,29). The molecule has 0 radical (unpaired) electrons. The largest absolute Gasteiger partial charge is 0.507 e. The van der Waals surface area contributed by atoms with Gasteiger partial charge in [0.05, 0.1) is 12.1 Å². The van der Waals surface area contributed by atoms with E-state index < -0.39 is 15.8 Å². The zero-order valence-electron chi connectivity index (χ0n) is 18.7. The lowest BCUT2D eigenvalue weighted by atomic mass is 9.99. The number of sulfonamides is 1. The average molecular weight is 496 g/mol. The molecule has 0 spiro atoms. The molecule has 0 saturated heterocycles. The van der Waals surface area contributed by atoms with Gasteiger partial charge in [-0.1, -0.05) is 35.4 Å². The van der Waals surface area contributed by atoms with Crippen molar-refractivity contribution in [3.8, 4) is 17.2 Å². The van der Waals surface area contributed by atoms with Crippen LogP contribution in [0.25, 0.3) is 6.08 Å². The van der Waals surface area contributed by atoms with E-state index in [1.807, 2.05) is 19.9 Å². The lowest BCUT2D eigenvalue weighted by molar-refractivity contribution is 0.0494.